The van der Waals surface area contributed by atoms with Crippen LogP contribution in [0, 0.1) is 0 Å². The summed E-state index contributed by atoms with van der Waals surface area (Å²) in [7, 11) is 0. The van der Waals surface area contributed by atoms with Gasteiger partial charge in [0.15, 0.2) is 0 Å². The highest BCUT2D eigenvalue weighted by Crippen LogP contribution is 1.99. The van der Waals surface area contributed by atoms with Crippen molar-refractivity contribution < 1.29 is 5.11 Å². The van der Waals surface area contributed by atoms with Crippen LogP contribution in [0.1, 0.15) is 5.56 Å². The van der Waals surface area contributed by atoms with Crippen LogP contribution < -0.4 is 0 Å². The van der Waals surface area contributed by atoms with E-state index in [9.17, 15) is 0 Å². The number of aliphatic hydroxyl groups is 1. The molecule has 1 N–H and O–H groups in total. The van der Waals surface area contributed by atoms with E-state index < -0.39 is 0 Å². The van der Waals surface area contributed by atoms with E-state index in [4.69, 9.17) is 5.11 Å². The minimum absolute atomic E-state index is 0.199. The first-order chi connectivity index (χ1) is 7.36. The average Bonchev–Trinajstić information content (AvgIpc) is 2.28. The van der Waals surface area contributed by atoms with E-state index in [1.165, 1.54) is 5.56 Å². The van der Waals surface area contributed by atoms with Gasteiger partial charge in [0.2, 0.25) is 0 Å². The molecule has 0 aliphatic carbocycles. The molecule has 0 saturated carbocycles. The second-order valence-electron chi connectivity index (χ2n) is 3.42. The number of hydrogen-bond acceptors (Lipinski definition) is 3. The summed E-state index contributed by atoms with van der Waals surface area (Å²) in [4.78, 5) is 6.15. The summed E-state index contributed by atoms with van der Waals surface area (Å²) in [5.74, 6) is 0. The van der Waals surface area contributed by atoms with Crippen LogP contribution in [0.2, 0.25) is 0 Å². The Morgan fingerprint density at radius 1 is 1.33 bits per heavy atom. The van der Waals surface area contributed by atoms with E-state index in [0.717, 1.165) is 19.5 Å². The Kier molecular flexibility index (Phi) is 5.66. The van der Waals surface area contributed by atoms with Crippen molar-refractivity contribution >= 4 is 0 Å². The second-order valence-corrected chi connectivity index (χ2v) is 3.42. The number of nitrogens with zero attached hydrogens (tertiary/aromatic N) is 2. The summed E-state index contributed by atoms with van der Waals surface area (Å²) >= 11 is 0. The highest BCUT2D eigenvalue weighted by molar-refractivity contribution is 5.09. The molecule has 0 unspecified atom stereocenters. The quantitative estimate of drug-likeness (QED) is 0.679. The third-order valence-corrected chi connectivity index (χ3v) is 2.27. The van der Waals surface area contributed by atoms with Gasteiger partial charge in [-0.15, -0.1) is 6.58 Å². The van der Waals surface area contributed by atoms with Gasteiger partial charge in [0.25, 0.3) is 0 Å². The van der Waals surface area contributed by atoms with E-state index in [-0.39, 0.29) is 6.61 Å². The third kappa shape index (κ3) is 4.72. The molecule has 1 aromatic rings. The highest BCUT2D eigenvalue weighted by Gasteiger charge is 2.01. The number of aliphatic hydroxyl groups excluding tert-OH is 1. The highest BCUT2D eigenvalue weighted by atomic mass is 16.3. The number of hydrogen-bond donors (Lipinski definition) is 1. The van der Waals surface area contributed by atoms with Gasteiger partial charge in [-0.2, -0.15) is 0 Å². The summed E-state index contributed by atoms with van der Waals surface area (Å²) < 4.78 is 0. The zero-order chi connectivity index (χ0) is 10.9. The van der Waals surface area contributed by atoms with E-state index in [0.29, 0.717) is 6.54 Å². The lowest BCUT2D eigenvalue weighted by Crippen LogP contribution is -2.29. The lowest BCUT2D eigenvalue weighted by Gasteiger charge is -2.19. The maximum Gasteiger partial charge on any atom is 0.0558 e. The fourth-order valence-corrected chi connectivity index (χ4v) is 1.46. The number of aromatic nitrogens is 1. The normalized spacial score (nSPS) is 10.5. The van der Waals surface area contributed by atoms with Gasteiger partial charge in [-0.25, -0.2) is 0 Å². The van der Waals surface area contributed by atoms with Crippen molar-refractivity contribution in [1.29, 1.82) is 0 Å². The molecule has 82 valence electrons. The van der Waals surface area contributed by atoms with Crippen LogP contribution in [0.5, 0.6) is 0 Å². The second kappa shape index (κ2) is 7.15. The van der Waals surface area contributed by atoms with Crippen molar-refractivity contribution in [3.8, 4) is 0 Å². The van der Waals surface area contributed by atoms with Gasteiger partial charge in [-0.3, -0.25) is 9.88 Å². The summed E-state index contributed by atoms with van der Waals surface area (Å²) in [5, 5.41) is 8.87. The topological polar surface area (TPSA) is 36.4 Å². The van der Waals surface area contributed by atoms with E-state index >= 15 is 0 Å². The van der Waals surface area contributed by atoms with Crippen molar-refractivity contribution in [3.63, 3.8) is 0 Å². The molecule has 3 heteroatoms. The largest absolute Gasteiger partial charge is 0.395 e. The van der Waals surface area contributed by atoms with Gasteiger partial charge in [0, 0.05) is 32.0 Å². The fraction of sp³-hybridized carbons (Fsp3) is 0.417. The molecule has 0 bridgehead atoms. The molecule has 0 aliphatic heterocycles. The van der Waals surface area contributed by atoms with Crippen molar-refractivity contribution in [2.24, 2.45) is 0 Å². The first-order valence-electron chi connectivity index (χ1n) is 5.20. The first kappa shape index (κ1) is 11.9. The molecule has 0 radical (unpaired) electrons. The van der Waals surface area contributed by atoms with Crippen LogP contribution in [0.15, 0.2) is 37.2 Å². The molecule has 0 aromatic carbocycles. The summed E-state index contributed by atoms with van der Waals surface area (Å²) in [6.45, 7) is 6.37. The monoisotopic (exact) mass is 206 g/mol. The molecular formula is C12H18N2O. The predicted octanol–water partition coefficient (Wildman–Crippen LogP) is 1.10. The molecule has 1 aromatic heterocycles. The van der Waals surface area contributed by atoms with Crippen LogP contribution in [0.25, 0.3) is 0 Å². The van der Waals surface area contributed by atoms with Gasteiger partial charge >= 0.3 is 0 Å². The first-order valence-corrected chi connectivity index (χ1v) is 5.20. The molecule has 1 rings (SSSR count). The van der Waals surface area contributed by atoms with Crippen LogP contribution >= 0.6 is 0 Å². The molecule has 0 amide bonds. The molecule has 3 nitrogen and oxygen atoms in total. The lowest BCUT2D eigenvalue weighted by atomic mass is 10.2. The van der Waals surface area contributed by atoms with E-state index in [1.807, 2.05) is 18.2 Å². The molecule has 1 heterocycles. The van der Waals surface area contributed by atoms with Gasteiger partial charge in [0.05, 0.1) is 6.61 Å². The molecule has 0 saturated heterocycles. The van der Waals surface area contributed by atoms with Crippen LogP contribution in [0.4, 0.5) is 0 Å². The van der Waals surface area contributed by atoms with Gasteiger partial charge in [-0.05, 0) is 24.1 Å². The van der Waals surface area contributed by atoms with Crippen LogP contribution in [-0.2, 0) is 6.42 Å². The Morgan fingerprint density at radius 2 is 2.07 bits per heavy atom. The Balaban J connectivity index is 2.36. The maximum absolute atomic E-state index is 8.87. The van der Waals surface area contributed by atoms with E-state index in [2.05, 4.69) is 16.5 Å². The molecule has 0 atom stereocenters. The van der Waals surface area contributed by atoms with Crippen molar-refractivity contribution in [2.45, 2.75) is 6.42 Å². The van der Waals surface area contributed by atoms with Gasteiger partial charge < -0.3 is 5.11 Å². The fourth-order valence-electron chi connectivity index (χ4n) is 1.46. The molecule has 15 heavy (non-hydrogen) atoms. The number of rotatable bonds is 7. The molecule has 0 fully saturated rings. The Morgan fingerprint density at radius 3 is 2.67 bits per heavy atom. The van der Waals surface area contributed by atoms with Gasteiger partial charge in [-0.1, -0.05) is 6.08 Å². The third-order valence-electron chi connectivity index (χ3n) is 2.27. The van der Waals surface area contributed by atoms with E-state index in [1.54, 1.807) is 12.4 Å². The zero-order valence-electron chi connectivity index (χ0n) is 8.97. The van der Waals surface area contributed by atoms with Gasteiger partial charge in [0.1, 0.15) is 0 Å². The maximum atomic E-state index is 8.87. The molecule has 0 spiro atoms. The smallest absolute Gasteiger partial charge is 0.0558 e. The lowest BCUT2D eigenvalue weighted by molar-refractivity contribution is 0.210. The van der Waals surface area contributed by atoms with Crippen LogP contribution in [-0.4, -0.2) is 41.2 Å². The van der Waals surface area contributed by atoms with Crippen molar-refractivity contribution in [3.05, 3.63) is 42.7 Å². The minimum atomic E-state index is 0.199. The van der Waals surface area contributed by atoms with Crippen LogP contribution in [0.3, 0.4) is 0 Å². The number of pyridine rings is 1. The Hall–Kier alpha value is -1.19. The standard InChI is InChI=1S/C12H18N2O/c1-2-8-14(10-11-15)9-5-12-3-6-13-7-4-12/h2-4,6-7,15H,1,5,8-11H2. The average molecular weight is 206 g/mol. The van der Waals surface area contributed by atoms with Crippen molar-refractivity contribution in [1.82, 2.24) is 9.88 Å². The predicted molar refractivity (Wildman–Crippen MR) is 61.7 cm³/mol. The molecular weight excluding hydrogens is 188 g/mol. The minimum Gasteiger partial charge on any atom is -0.395 e. The Labute approximate surface area is 91.1 Å². The summed E-state index contributed by atoms with van der Waals surface area (Å²) in [6, 6.07) is 4.04. The molecule has 0 aliphatic rings. The Bertz CT molecular complexity index is 274. The van der Waals surface area contributed by atoms with Crippen molar-refractivity contribution in [2.75, 3.05) is 26.2 Å². The SMILES string of the molecule is C=CCN(CCO)CCc1ccncc1. The summed E-state index contributed by atoms with van der Waals surface area (Å²) in [5.41, 5.74) is 1.28. The zero-order valence-corrected chi connectivity index (χ0v) is 8.97. The summed E-state index contributed by atoms with van der Waals surface area (Å²) in [6.07, 6.45) is 6.46.